The molecule has 0 N–H and O–H groups in total. The summed E-state index contributed by atoms with van der Waals surface area (Å²) in [6.45, 7) is 3.45. The van der Waals surface area contributed by atoms with Gasteiger partial charge in [0.25, 0.3) is 0 Å². The molecule has 1 aliphatic rings. The second-order valence-electron chi connectivity index (χ2n) is 5.63. The minimum atomic E-state index is -4.30. The van der Waals surface area contributed by atoms with Crippen LogP contribution in [0, 0.1) is 0 Å². The summed E-state index contributed by atoms with van der Waals surface area (Å²) in [6.07, 6.45) is -4.35. The SMILES string of the molecule is CC(C)(CC1(C(F)(F)F)CO1)c1ccccc1CBr. The number of halogens is 4. The third-order valence-electron chi connectivity index (χ3n) is 3.63. The molecule has 0 spiro atoms. The molecular weight excluding hydrogens is 321 g/mol. The molecule has 1 aromatic rings. The summed E-state index contributed by atoms with van der Waals surface area (Å²) >= 11 is 3.38. The number of alkyl halides is 4. The molecule has 1 heterocycles. The highest BCUT2D eigenvalue weighted by molar-refractivity contribution is 9.08. The summed E-state index contributed by atoms with van der Waals surface area (Å²) in [5.74, 6) is 0. The topological polar surface area (TPSA) is 12.5 Å². The van der Waals surface area contributed by atoms with E-state index in [1.807, 2.05) is 38.1 Å². The summed E-state index contributed by atoms with van der Waals surface area (Å²) in [4.78, 5) is 0. The van der Waals surface area contributed by atoms with Gasteiger partial charge in [-0.1, -0.05) is 54.0 Å². The maximum absolute atomic E-state index is 13.0. The number of benzene rings is 1. The molecule has 1 aliphatic heterocycles. The van der Waals surface area contributed by atoms with E-state index in [0.717, 1.165) is 11.1 Å². The van der Waals surface area contributed by atoms with Gasteiger partial charge in [0, 0.05) is 5.33 Å². The summed E-state index contributed by atoms with van der Waals surface area (Å²) in [7, 11) is 0. The lowest BCUT2D eigenvalue weighted by molar-refractivity contribution is -0.188. The highest BCUT2D eigenvalue weighted by Crippen LogP contribution is 2.51. The van der Waals surface area contributed by atoms with Crippen LogP contribution in [-0.2, 0) is 15.5 Å². The number of hydrogen-bond donors (Lipinski definition) is 0. The van der Waals surface area contributed by atoms with Gasteiger partial charge >= 0.3 is 6.18 Å². The van der Waals surface area contributed by atoms with Crippen LogP contribution < -0.4 is 0 Å². The van der Waals surface area contributed by atoms with Crippen molar-refractivity contribution in [3.8, 4) is 0 Å². The van der Waals surface area contributed by atoms with E-state index in [-0.39, 0.29) is 13.0 Å². The zero-order valence-electron chi connectivity index (χ0n) is 10.9. The van der Waals surface area contributed by atoms with E-state index in [9.17, 15) is 13.2 Å². The molecule has 5 heteroatoms. The molecule has 0 bridgehead atoms. The first-order chi connectivity index (χ1) is 8.72. The Morgan fingerprint density at radius 2 is 1.84 bits per heavy atom. The number of epoxide rings is 1. The van der Waals surface area contributed by atoms with Gasteiger partial charge in [0.1, 0.15) is 0 Å². The molecule has 0 radical (unpaired) electrons. The molecule has 2 rings (SSSR count). The van der Waals surface area contributed by atoms with E-state index in [0.29, 0.717) is 5.33 Å². The van der Waals surface area contributed by atoms with Crippen LogP contribution in [0.15, 0.2) is 24.3 Å². The number of rotatable bonds is 4. The molecule has 1 atom stereocenters. The zero-order chi connectivity index (χ0) is 14.3. The molecule has 0 saturated carbocycles. The molecule has 19 heavy (non-hydrogen) atoms. The fraction of sp³-hybridized carbons (Fsp3) is 0.571. The predicted molar refractivity (Wildman–Crippen MR) is 71.5 cm³/mol. The Balaban J connectivity index is 2.28. The van der Waals surface area contributed by atoms with Crippen LogP contribution in [0.2, 0.25) is 0 Å². The Bertz CT molecular complexity index is 464. The summed E-state index contributed by atoms with van der Waals surface area (Å²) in [5.41, 5.74) is -0.580. The van der Waals surface area contributed by atoms with Crippen molar-refractivity contribution in [1.82, 2.24) is 0 Å². The Kier molecular flexibility index (Phi) is 3.73. The molecule has 0 aromatic heterocycles. The lowest BCUT2D eigenvalue weighted by atomic mass is 9.75. The smallest absolute Gasteiger partial charge is 0.360 e. The maximum Gasteiger partial charge on any atom is 0.419 e. The highest BCUT2D eigenvalue weighted by Gasteiger charge is 2.67. The minimum Gasteiger partial charge on any atom is -0.360 e. The van der Waals surface area contributed by atoms with Gasteiger partial charge in [0.15, 0.2) is 5.60 Å². The summed E-state index contributed by atoms with van der Waals surface area (Å²) in [6, 6.07) is 7.57. The van der Waals surface area contributed by atoms with Gasteiger partial charge in [-0.05, 0) is 23.0 Å². The van der Waals surface area contributed by atoms with Crippen molar-refractivity contribution in [2.75, 3.05) is 6.61 Å². The van der Waals surface area contributed by atoms with Crippen molar-refractivity contribution in [3.05, 3.63) is 35.4 Å². The van der Waals surface area contributed by atoms with Crippen LogP contribution in [0.3, 0.4) is 0 Å². The molecule has 1 aromatic carbocycles. The van der Waals surface area contributed by atoms with Gasteiger partial charge in [-0.3, -0.25) is 0 Å². The van der Waals surface area contributed by atoms with Crippen molar-refractivity contribution >= 4 is 15.9 Å². The fourth-order valence-electron chi connectivity index (χ4n) is 2.56. The molecular formula is C14H16BrF3O. The first-order valence-corrected chi connectivity index (χ1v) is 7.19. The van der Waals surface area contributed by atoms with Crippen LogP contribution in [0.1, 0.15) is 31.4 Å². The zero-order valence-corrected chi connectivity index (χ0v) is 12.4. The van der Waals surface area contributed by atoms with E-state index in [2.05, 4.69) is 15.9 Å². The summed E-state index contributed by atoms with van der Waals surface area (Å²) in [5, 5.41) is 0.631. The van der Waals surface area contributed by atoms with E-state index in [1.54, 1.807) is 0 Å². The van der Waals surface area contributed by atoms with E-state index in [4.69, 9.17) is 4.74 Å². The van der Waals surface area contributed by atoms with Gasteiger partial charge in [-0.15, -0.1) is 0 Å². The number of hydrogen-bond acceptors (Lipinski definition) is 1. The first kappa shape index (κ1) is 14.9. The quantitative estimate of drug-likeness (QED) is 0.579. The van der Waals surface area contributed by atoms with Crippen LogP contribution >= 0.6 is 15.9 Å². The van der Waals surface area contributed by atoms with Gasteiger partial charge in [0.2, 0.25) is 0 Å². The van der Waals surface area contributed by atoms with Crippen molar-refractivity contribution in [3.63, 3.8) is 0 Å². The van der Waals surface area contributed by atoms with Gasteiger partial charge in [-0.2, -0.15) is 13.2 Å². The van der Waals surface area contributed by atoms with E-state index < -0.39 is 17.2 Å². The van der Waals surface area contributed by atoms with Crippen molar-refractivity contribution in [2.24, 2.45) is 0 Å². The molecule has 0 aliphatic carbocycles. The Labute approximate surface area is 119 Å². The van der Waals surface area contributed by atoms with Crippen molar-refractivity contribution in [1.29, 1.82) is 0 Å². The molecule has 1 nitrogen and oxygen atoms in total. The normalized spacial score (nSPS) is 23.5. The molecule has 1 unspecified atom stereocenters. The van der Waals surface area contributed by atoms with Gasteiger partial charge in [0.05, 0.1) is 6.61 Å². The third kappa shape index (κ3) is 2.82. The first-order valence-electron chi connectivity index (χ1n) is 6.07. The Morgan fingerprint density at radius 3 is 2.32 bits per heavy atom. The Hall–Kier alpha value is -0.550. The molecule has 1 saturated heterocycles. The number of ether oxygens (including phenoxy) is 1. The second kappa shape index (κ2) is 4.77. The molecule has 106 valence electrons. The average Bonchev–Trinajstić information content (AvgIpc) is 3.08. The molecule has 1 fully saturated rings. The van der Waals surface area contributed by atoms with Gasteiger partial charge in [-0.25, -0.2) is 0 Å². The highest BCUT2D eigenvalue weighted by atomic mass is 79.9. The van der Waals surface area contributed by atoms with Crippen LogP contribution in [0.5, 0.6) is 0 Å². The van der Waals surface area contributed by atoms with Gasteiger partial charge < -0.3 is 4.74 Å². The molecule has 0 amide bonds. The van der Waals surface area contributed by atoms with E-state index in [1.165, 1.54) is 0 Å². The Morgan fingerprint density at radius 1 is 1.26 bits per heavy atom. The monoisotopic (exact) mass is 336 g/mol. The van der Waals surface area contributed by atoms with Crippen LogP contribution in [-0.4, -0.2) is 18.4 Å². The third-order valence-corrected chi connectivity index (χ3v) is 4.23. The fourth-order valence-corrected chi connectivity index (χ4v) is 3.05. The summed E-state index contributed by atoms with van der Waals surface area (Å²) < 4.78 is 43.7. The van der Waals surface area contributed by atoms with Crippen molar-refractivity contribution in [2.45, 2.75) is 42.8 Å². The largest absolute Gasteiger partial charge is 0.419 e. The predicted octanol–water partition coefficient (Wildman–Crippen LogP) is 4.58. The average molecular weight is 337 g/mol. The second-order valence-corrected chi connectivity index (χ2v) is 6.19. The lowest BCUT2D eigenvalue weighted by Gasteiger charge is -2.31. The minimum absolute atomic E-state index is 0.0481. The van der Waals surface area contributed by atoms with Crippen LogP contribution in [0.4, 0.5) is 13.2 Å². The van der Waals surface area contributed by atoms with E-state index >= 15 is 0 Å². The maximum atomic E-state index is 13.0. The lowest BCUT2D eigenvalue weighted by Crippen LogP contribution is -2.39. The van der Waals surface area contributed by atoms with Crippen molar-refractivity contribution < 1.29 is 17.9 Å². The standard InChI is InChI=1S/C14H16BrF3O/c1-12(2,8-13(9-19-13)14(16,17)18)11-6-4-3-5-10(11)7-15/h3-6H,7-9H2,1-2H3. The van der Waals surface area contributed by atoms with Crippen LogP contribution in [0.25, 0.3) is 0 Å².